The summed E-state index contributed by atoms with van der Waals surface area (Å²) >= 11 is 0. The van der Waals surface area contributed by atoms with Crippen molar-refractivity contribution in [3.8, 4) is 0 Å². The van der Waals surface area contributed by atoms with E-state index in [2.05, 4.69) is 31.0 Å². The van der Waals surface area contributed by atoms with Gasteiger partial charge in [0.05, 0.1) is 0 Å². The Labute approximate surface area is 140 Å². The molecule has 1 aromatic rings. The van der Waals surface area contributed by atoms with Gasteiger partial charge in [0.1, 0.15) is 11.5 Å². The van der Waals surface area contributed by atoms with E-state index >= 15 is 0 Å². The number of amides is 2. The second-order valence-corrected chi connectivity index (χ2v) is 7.74. The van der Waals surface area contributed by atoms with E-state index in [1.54, 1.807) is 0 Å². The van der Waals surface area contributed by atoms with Crippen molar-refractivity contribution >= 4 is 6.03 Å². The minimum Gasteiger partial charge on any atom is -0.466 e. The third-order valence-corrected chi connectivity index (χ3v) is 4.41. The van der Waals surface area contributed by atoms with Gasteiger partial charge in [0.25, 0.3) is 0 Å². The fourth-order valence-corrected chi connectivity index (χ4v) is 2.81. The summed E-state index contributed by atoms with van der Waals surface area (Å²) in [6.07, 6.45) is 1.19. The molecule has 1 saturated heterocycles. The minimum atomic E-state index is 0.0266. The number of piperazine rings is 1. The molecule has 1 aliphatic rings. The van der Waals surface area contributed by atoms with Crippen LogP contribution in [0.1, 0.15) is 44.3 Å². The van der Waals surface area contributed by atoms with Crippen LogP contribution in [-0.4, -0.2) is 48.6 Å². The third kappa shape index (κ3) is 5.57. The average Bonchev–Trinajstić information content (AvgIpc) is 2.80. The molecule has 2 heterocycles. The van der Waals surface area contributed by atoms with Gasteiger partial charge in [-0.1, -0.05) is 20.8 Å². The van der Waals surface area contributed by atoms with Gasteiger partial charge in [-0.15, -0.1) is 0 Å². The highest BCUT2D eigenvalue weighted by Crippen LogP contribution is 2.19. The molecule has 0 atom stereocenters. The molecular formula is C18H31N3O2. The molecule has 1 aliphatic heterocycles. The molecule has 0 aliphatic carbocycles. The number of nitrogens with zero attached hydrogens (tertiary/aromatic N) is 2. The molecule has 5 heteroatoms. The van der Waals surface area contributed by atoms with E-state index in [0.29, 0.717) is 12.0 Å². The van der Waals surface area contributed by atoms with Gasteiger partial charge in [-0.2, -0.15) is 0 Å². The van der Waals surface area contributed by atoms with Crippen LogP contribution >= 0.6 is 0 Å². The molecule has 5 nitrogen and oxygen atoms in total. The number of rotatable bonds is 4. The Balaban J connectivity index is 1.72. The largest absolute Gasteiger partial charge is 0.466 e. The Morgan fingerprint density at radius 3 is 2.39 bits per heavy atom. The minimum absolute atomic E-state index is 0.0266. The molecule has 0 bridgehead atoms. The van der Waals surface area contributed by atoms with Gasteiger partial charge in [-0.3, -0.25) is 4.90 Å². The number of furan rings is 1. The van der Waals surface area contributed by atoms with Gasteiger partial charge in [0, 0.05) is 38.3 Å². The van der Waals surface area contributed by atoms with E-state index in [1.807, 2.05) is 24.8 Å². The summed E-state index contributed by atoms with van der Waals surface area (Å²) in [5.74, 6) is 1.77. The van der Waals surface area contributed by atoms with Crippen molar-refractivity contribution in [3.63, 3.8) is 0 Å². The molecule has 1 fully saturated rings. The Kier molecular flexibility index (Phi) is 5.74. The molecule has 2 amide bonds. The number of carbonyl (C=O) groups excluding carboxylic acids is 1. The summed E-state index contributed by atoms with van der Waals surface area (Å²) in [6.45, 7) is 15.9. The fourth-order valence-electron chi connectivity index (χ4n) is 2.81. The van der Waals surface area contributed by atoms with Gasteiger partial charge in [-0.25, -0.2) is 4.79 Å². The van der Waals surface area contributed by atoms with Crippen LogP contribution in [-0.2, 0) is 6.54 Å². The van der Waals surface area contributed by atoms with Crippen LogP contribution < -0.4 is 5.32 Å². The maximum absolute atomic E-state index is 12.3. The lowest BCUT2D eigenvalue weighted by atomic mass is 9.92. The van der Waals surface area contributed by atoms with Crippen LogP contribution in [0.15, 0.2) is 10.5 Å². The first kappa shape index (κ1) is 17.9. The normalized spacial score (nSPS) is 16.7. The molecule has 2 rings (SSSR count). The monoisotopic (exact) mass is 321 g/mol. The molecule has 0 aromatic carbocycles. The number of carbonyl (C=O) groups is 1. The van der Waals surface area contributed by atoms with E-state index < -0.39 is 0 Å². The number of nitrogens with one attached hydrogen (secondary N) is 1. The van der Waals surface area contributed by atoms with Gasteiger partial charge in [0.2, 0.25) is 0 Å². The maximum Gasteiger partial charge on any atom is 0.317 e. The van der Waals surface area contributed by atoms with Crippen molar-refractivity contribution < 1.29 is 9.21 Å². The molecule has 1 N–H and O–H groups in total. The first-order valence-electron chi connectivity index (χ1n) is 8.56. The second kappa shape index (κ2) is 7.39. The fraction of sp³-hybridized carbons (Fsp3) is 0.722. The second-order valence-electron chi connectivity index (χ2n) is 7.74. The molecule has 1 aromatic heterocycles. The Morgan fingerprint density at radius 1 is 1.22 bits per heavy atom. The smallest absolute Gasteiger partial charge is 0.317 e. The standard InChI is InChI=1S/C18H31N3O2/c1-14-12-16(15(2)23-14)13-19-17(22)21-10-8-20(9-11-21)7-6-18(3,4)5/h12H,6-11,13H2,1-5H3,(H,19,22). The zero-order chi connectivity index (χ0) is 17.0. The van der Waals surface area contributed by atoms with E-state index in [-0.39, 0.29) is 6.03 Å². The van der Waals surface area contributed by atoms with Crippen LogP contribution in [0.2, 0.25) is 0 Å². The Bertz CT molecular complexity index is 523. The summed E-state index contributed by atoms with van der Waals surface area (Å²) < 4.78 is 5.49. The third-order valence-electron chi connectivity index (χ3n) is 4.41. The lowest BCUT2D eigenvalue weighted by molar-refractivity contribution is 0.129. The highest BCUT2D eigenvalue weighted by Gasteiger charge is 2.22. The zero-order valence-electron chi connectivity index (χ0n) is 15.2. The highest BCUT2D eigenvalue weighted by atomic mass is 16.3. The summed E-state index contributed by atoms with van der Waals surface area (Å²) in [5, 5.41) is 3.00. The number of urea groups is 1. The first-order chi connectivity index (χ1) is 10.7. The van der Waals surface area contributed by atoms with Crippen LogP contribution in [0.3, 0.4) is 0 Å². The van der Waals surface area contributed by atoms with Crippen LogP contribution in [0.25, 0.3) is 0 Å². The molecule has 23 heavy (non-hydrogen) atoms. The van der Waals surface area contributed by atoms with Crippen molar-refractivity contribution in [2.45, 2.75) is 47.6 Å². The van der Waals surface area contributed by atoms with Crippen molar-refractivity contribution in [1.82, 2.24) is 15.1 Å². The van der Waals surface area contributed by atoms with E-state index in [1.165, 1.54) is 6.42 Å². The van der Waals surface area contributed by atoms with Crippen molar-refractivity contribution in [3.05, 3.63) is 23.2 Å². The van der Waals surface area contributed by atoms with Gasteiger partial charge < -0.3 is 14.6 Å². The van der Waals surface area contributed by atoms with Crippen LogP contribution in [0.4, 0.5) is 4.79 Å². The molecule has 0 unspecified atom stereocenters. The van der Waals surface area contributed by atoms with Crippen LogP contribution in [0, 0.1) is 19.3 Å². The quantitative estimate of drug-likeness (QED) is 0.927. The average molecular weight is 321 g/mol. The van der Waals surface area contributed by atoms with E-state index in [9.17, 15) is 4.79 Å². The van der Waals surface area contributed by atoms with E-state index in [4.69, 9.17) is 4.42 Å². The lowest BCUT2D eigenvalue weighted by Gasteiger charge is -2.35. The Hall–Kier alpha value is -1.49. The molecule has 0 saturated carbocycles. The maximum atomic E-state index is 12.3. The van der Waals surface area contributed by atoms with Crippen molar-refractivity contribution in [2.24, 2.45) is 5.41 Å². The summed E-state index contributed by atoms with van der Waals surface area (Å²) in [7, 11) is 0. The zero-order valence-corrected chi connectivity index (χ0v) is 15.2. The predicted octanol–water partition coefficient (Wildman–Crippen LogP) is 3.16. The summed E-state index contributed by atoms with van der Waals surface area (Å²) in [4.78, 5) is 16.6. The number of hydrogen-bond donors (Lipinski definition) is 1. The molecule has 0 radical (unpaired) electrons. The lowest BCUT2D eigenvalue weighted by Crippen LogP contribution is -2.51. The van der Waals surface area contributed by atoms with Crippen molar-refractivity contribution in [1.29, 1.82) is 0 Å². The molecular weight excluding hydrogens is 290 g/mol. The van der Waals surface area contributed by atoms with Gasteiger partial charge >= 0.3 is 6.03 Å². The molecule has 0 spiro atoms. The first-order valence-corrected chi connectivity index (χ1v) is 8.56. The number of hydrogen-bond acceptors (Lipinski definition) is 3. The molecule has 130 valence electrons. The highest BCUT2D eigenvalue weighted by molar-refractivity contribution is 5.74. The summed E-state index contributed by atoms with van der Waals surface area (Å²) in [6, 6.07) is 2.01. The van der Waals surface area contributed by atoms with Gasteiger partial charge in [0.15, 0.2) is 0 Å². The van der Waals surface area contributed by atoms with Crippen molar-refractivity contribution in [2.75, 3.05) is 32.7 Å². The SMILES string of the molecule is Cc1cc(CNC(=O)N2CCN(CCC(C)(C)C)CC2)c(C)o1. The van der Waals surface area contributed by atoms with Crippen LogP contribution in [0.5, 0.6) is 0 Å². The number of aryl methyl sites for hydroxylation is 2. The summed E-state index contributed by atoms with van der Waals surface area (Å²) in [5.41, 5.74) is 1.43. The van der Waals surface area contributed by atoms with Gasteiger partial charge in [-0.05, 0) is 38.3 Å². The predicted molar refractivity (Wildman–Crippen MR) is 92.5 cm³/mol. The topological polar surface area (TPSA) is 48.7 Å². The Morgan fingerprint density at radius 2 is 1.87 bits per heavy atom. The van der Waals surface area contributed by atoms with E-state index in [0.717, 1.165) is 49.8 Å².